The average Bonchev–Trinajstić information content (AvgIpc) is 3.01. The molecule has 0 aliphatic carbocycles. The summed E-state index contributed by atoms with van der Waals surface area (Å²) in [6.45, 7) is 3.27. The maximum Gasteiger partial charge on any atom is 0.248 e. The molecule has 1 aromatic rings. The summed E-state index contributed by atoms with van der Waals surface area (Å²) in [6, 6.07) is 7.26. The van der Waals surface area contributed by atoms with Crippen LogP contribution in [0, 0.1) is 5.92 Å². The van der Waals surface area contributed by atoms with Crippen LogP contribution in [0.4, 0.5) is 0 Å². The molecule has 1 saturated heterocycles. The molecule has 0 spiro atoms. The van der Waals surface area contributed by atoms with Crippen molar-refractivity contribution < 1.29 is 9.53 Å². The SMILES string of the molecule is CN=C(NCc1ccc(C(N)=O)cc1)N(C)CC1CCOC1. The molecule has 6 heteroatoms. The van der Waals surface area contributed by atoms with Crippen LogP contribution in [0.25, 0.3) is 0 Å². The van der Waals surface area contributed by atoms with Crippen molar-refractivity contribution in [3.05, 3.63) is 35.4 Å². The van der Waals surface area contributed by atoms with Crippen molar-refractivity contribution in [3.8, 4) is 0 Å². The van der Waals surface area contributed by atoms with Crippen LogP contribution in [-0.4, -0.2) is 50.6 Å². The van der Waals surface area contributed by atoms with Crippen LogP contribution in [0.2, 0.25) is 0 Å². The monoisotopic (exact) mass is 304 g/mol. The molecule has 6 nitrogen and oxygen atoms in total. The predicted octanol–water partition coefficient (Wildman–Crippen LogP) is 0.829. The number of nitrogens with one attached hydrogen (secondary N) is 1. The Morgan fingerprint density at radius 2 is 2.18 bits per heavy atom. The van der Waals surface area contributed by atoms with E-state index in [1.165, 1.54) is 0 Å². The second kappa shape index (κ2) is 7.79. The zero-order chi connectivity index (χ0) is 15.9. The Labute approximate surface area is 131 Å². The third-order valence-electron chi connectivity index (χ3n) is 3.82. The van der Waals surface area contributed by atoms with E-state index in [2.05, 4.69) is 15.2 Å². The molecule has 3 N–H and O–H groups in total. The first kappa shape index (κ1) is 16.3. The lowest BCUT2D eigenvalue weighted by molar-refractivity contribution is 0.100. The van der Waals surface area contributed by atoms with E-state index in [1.807, 2.05) is 19.2 Å². The number of primary amides is 1. The molecule has 1 amide bonds. The highest BCUT2D eigenvalue weighted by Crippen LogP contribution is 2.13. The normalized spacial score (nSPS) is 18.3. The number of amides is 1. The smallest absolute Gasteiger partial charge is 0.248 e. The third-order valence-corrected chi connectivity index (χ3v) is 3.82. The quantitative estimate of drug-likeness (QED) is 0.624. The van der Waals surface area contributed by atoms with Gasteiger partial charge in [0.25, 0.3) is 0 Å². The Bertz CT molecular complexity index is 521. The van der Waals surface area contributed by atoms with Gasteiger partial charge in [-0.1, -0.05) is 12.1 Å². The number of hydrogen-bond donors (Lipinski definition) is 2. The number of benzene rings is 1. The topological polar surface area (TPSA) is 79.9 Å². The molecule has 0 bridgehead atoms. The number of nitrogens with two attached hydrogens (primary N) is 1. The Balaban J connectivity index is 1.86. The van der Waals surface area contributed by atoms with Gasteiger partial charge in [-0.2, -0.15) is 0 Å². The molecule has 120 valence electrons. The van der Waals surface area contributed by atoms with Gasteiger partial charge in [0.05, 0.1) is 6.61 Å². The van der Waals surface area contributed by atoms with E-state index in [0.29, 0.717) is 18.0 Å². The van der Waals surface area contributed by atoms with Crippen LogP contribution in [-0.2, 0) is 11.3 Å². The van der Waals surface area contributed by atoms with E-state index in [9.17, 15) is 4.79 Å². The zero-order valence-electron chi connectivity index (χ0n) is 13.2. The van der Waals surface area contributed by atoms with Crippen LogP contribution in [0.1, 0.15) is 22.3 Å². The second-order valence-corrected chi connectivity index (χ2v) is 5.57. The molecule has 1 heterocycles. The highest BCUT2D eigenvalue weighted by Gasteiger charge is 2.18. The van der Waals surface area contributed by atoms with Crippen LogP contribution in [0.3, 0.4) is 0 Å². The van der Waals surface area contributed by atoms with Gasteiger partial charge in [-0.05, 0) is 24.1 Å². The van der Waals surface area contributed by atoms with Crippen molar-refractivity contribution in [2.45, 2.75) is 13.0 Å². The molecule has 1 unspecified atom stereocenters. The number of carbonyl (C=O) groups is 1. The number of guanidine groups is 1. The highest BCUT2D eigenvalue weighted by atomic mass is 16.5. The number of hydrogen-bond acceptors (Lipinski definition) is 3. The number of ether oxygens (including phenoxy) is 1. The van der Waals surface area contributed by atoms with Gasteiger partial charge in [0.1, 0.15) is 0 Å². The lowest BCUT2D eigenvalue weighted by Crippen LogP contribution is -2.41. The number of carbonyl (C=O) groups excluding carboxylic acids is 1. The Morgan fingerprint density at radius 3 is 2.73 bits per heavy atom. The van der Waals surface area contributed by atoms with Crippen molar-refractivity contribution in [1.82, 2.24) is 10.2 Å². The van der Waals surface area contributed by atoms with Gasteiger partial charge in [-0.3, -0.25) is 9.79 Å². The molecular weight excluding hydrogens is 280 g/mol. The summed E-state index contributed by atoms with van der Waals surface area (Å²) in [5.74, 6) is 1.01. The van der Waals surface area contributed by atoms with Crippen molar-refractivity contribution >= 4 is 11.9 Å². The van der Waals surface area contributed by atoms with Gasteiger partial charge in [-0.25, -0.2) is 0 Å². The standard InChI is InChI=1S/C16H24N4O2/c1-18-16(20(2)10-13-7-8-22-11-13)19-9-12-3-5-14(6-4-12)15(17)21/h3-6,13H,7-11H2,1-2H3,(H2,17,21)(H,18,19). The van der Waals surface area contributed by atoms with Crippen molar-refractivity contribution in [2.75, 3.05) is 33.9 Å². The number of nitrogens with zero attached hydrogens (tertiary/aromatic N) is 2. The summed E-state index contributed by atoms with van der Waals surface area (Å²) in [4.78, 5) is 17.5. The fourth-order valence-electron chi connectivity index (χ4n) is 2.55. The third kappa shape index (κ3) is 4.46. The van der Waals surface area contributed by atoms with E-state index in [0.717, 1.165) is 37.7 Å². The first-order valence-corrected chi connectivity index (χ1v) is 7.48. The highest BCUT2D eigenvalue weighted by molar-refractivity contribution is 5.92. The molecule has 1 aliphatic heterocycles. The average molecular weight is 304 g/mol. The van der Waals surface area contributed by atoms with Crippen molar-refractivity contribution in [3.63, 3.8) is 0 Å². The molecule has 0 saturated carbocycles. The molecule has 22 heavy (non-hydrogen) atoms. The minimum Gasteiger partial charge on any atom is -0.381 e. The van der Waals surface area contributed by atoms with E-state index < -0.39 is 5.91 Å². The summed E-state index contributed by atoms with van der Waals surface area (Å²) in [7, 11) is 3.81. The summed E-state index contributed by atoms with van der Waals surface area (Å²) < 4.78 is 5.41. The molecule has 0 radical (unpaired) electrons. The maximum absolute atomic E-state index is 11.0. The summed E-state index contributed by atoms with van der Waals surface area (Å²) in [5.41, 5.74) is 6.83. The minimum atomic E-state index is -0.408. The van der Waals surface area contributed by atoms with Gasteiger partial charge in [0.2, 0.25) is 5.91 Å². The molecule has 0 aromatic heterocycles. The van der Waals surface area contributed by atoms with Gasteiger partial charge >= 0.3 is 0 Å². The van der Waals surface area contributed by atoms with Crippen LogP contribution in [0.15, 0.2) is 29.3 Å². The lowest BCUT2D eigenvalue weighted by atomic mass is 10.1. The van der Waals surface area contributed by atoms with Crippen molar-refractivity contribution in [2.24, 2.45) is 16.6 Å². The van der Waals surface area contributed by atoms with E-state index in [4.69, 9.17) is 10.5 Å². The number of rotatable bonds is 5. The molecule has 1 atom stereocenters. The lowest BCUT2D eigenvalue weighted by Gasteiger charge is -2.24. The Kier molecular flexibility index (Phi) is 5.77. The first-order chi connectivity index (χ1) is 10.6. The largest absolute Gasteiger partial charge is 0.381 e. The predicted molar refractivity (Wildman–Crippen MR) is 86.7 cm³/mol. The van der Waals surface area contributed by atoms with Gasteiger partial charge in [0, 0.05) is 45.3 Å². The maximum atomic E-state index is 11.0. The van der Waals surface area contributed by atoms with Crippen LogP contribution >= 0.6 is 0 Å². The zero-order valence-corrected chi connectivity index (χ0v) is 13.2. The fraction of sp³-hybridized carbons (Fsp3) is 0.500. The molecule has 2 rings (SSSR count). The second-order valence-electron chi connectivity index (χ2n) is 5.57. The Hall–Kier alpha value is -2.08. The molecule has 1 aromatic carbocycles. The van der Waals surface area contributed by atoms with Crippen molar-refractivity contribution in [1.29, 1.82) is 0 Å². The van der Waals surface area contributed by atoms with E-state index >= 15 is 0 Å². The summed E-state index contributed by atoms with van der Waals surface area (Å²) in [6.07, 6.45) is 1.11. The van der Waals surface area contributed by atoms with Crippen LogP contribution in [0.5, 0.6) is 0 Å². The Morgan fingerprint density at radius 1 is 1.45 bits per heavy atom. The number of aliphatic imine (C=N–C) groups is 1. The van der Waals surface area contributed by atoms with E-state index in [-0.39, 0.29) is 0 Å². The fourth-order valence-corrected chi connectivity index (χ4v) is 2.55. The van der Waals surface area contributed by atoms with Gasteiger partial charge in [0.15, 0.2) is 5.96 Å². The van der Waals surface area contributed by atoms with Crippen LogP contribution < -0.4 is 11.1 Å². The van der Waals surface area contributed by atoms with Gasteiger partial charge < -0.3 is 20.7 Å². The molecule has 1 fully saturated rings. The minimum absolute atomic E-state index is 0.408. The summed E-state index contributed by atoms with van der Waals surface area (Å²) in [5, 5.41) is 3.33. The summed E-state index contributed by atoms with van der Waals surface area (Å²) >= 11 is 0. The van der Waals surface area contributed by atoms with Gasteiger partial charge in [-0.15, -0.1) is 0 Å². The van der Waals surface area contributed by atoms with E-state index in [1.54, 1.807) is 19.2 Å². The molecule has 1 aliphatic rings. The first-order valence-electron chi connectivity index (χ1n) is 7.48. The molecular formula is C16H24N4O2.